The number of benzene rings is 2. The van der Waals surface area contributed by atoms with Crippen LogP contribution in [0.15, 0.2) is 59.4 Å². The van der Waals surface area contributed by atoms with E-state index in [1.54, 1.807) is 0 Å². The molecule has 2 aromatic carbocycles. The van der Waals surface area contributed by atoms with Crippen LogP contribution in [0.4, 0.5) is 0 Å². The highest BCUT2D eigenvalue weighted by atomic mass is 32.1. The number of thiazole rings is 1. The minimum atomic E-state index is -0.102. The average Bonchev–Trinajstić information content (AvgIpc) is 2.80. The SMILES string of the molecule is C=c1[nH]c(=O)/c(=C/c2ccc(Oc3ccccc3)cc2)s1. The van der Waals surface area contributed by atoms with Crippen molar-refractivity contribution < 1.29 is 4.74 Å². The molecule has 3 nitrogen and oxygen atoms in total. The molecule has 3 rings (SSSR count). The van der Waals surface area contributed by atoms with E-state index in [0.717, 1.165) is 17.1 Å². The molecule has 1 heterocycles. The Morgan fingerprint density at radius 3 is 2.29 bits per heavy atom. The molecule has 21 heavy (non-hydrogen) atoms. The van der Waals surface area contributed by atoms with Crippen molar-refractivity contribution in [3.05, 3.63) is 79.7 Å². The van der Waals surface area contributed by atoms with Crippen LogP contribution in [0.5, 0.6) is 11.5 Å². The number of aromatic amines is 1. The molecule has 104 valence electrons. The van der Waals surface area contributed by atoms with Gasteiger partial charge in [-0.3, -0.25) is 4.79 Å². The summed E-state index contributed by atoms with van der Waals surface area (Å²) in [6.07, 6.45) is 1.84. The van der Waals surface area contributed by atoms with E-state index in [4.69, 9.17) is 4.74 Å². The van der Waals surface area contributed by atoms with Crippen LogP contribution in [0.2, 0.25) is 0 Å². The summed E-state index contributed by atoms with van der Waals surface area (Å²) >= 11 is 1.35. The zero-order valence-electron chi connectivity index (χ0n) is 11.2. The third-order valence-electron chi connectivity index (χ3n) is 2.87. The van der Waals surface area contributed by atoms with Gasteiger partial charge < -0.3 is 9.72 Å². The van der Waals surface area contributed by atoms with Gasteiger partial charge in [-0.15, -0.1) is 11.3 Å². The second-order valence-electron chi connectivity index (χ2n) is 4.47. The van der Waals surface area contributed by atoms with Crippen molar-refractivity contribution in [3.63, 3.8) is 0 Å². The molecule has 0 spiro atoms. The van der Waals surface area contributed by atoms with Gasteiger partial charge >= 0.3 is 0 Å². The highest BCUT2D eigenvalue weighted by molar-refractivity contribution is 7.07. The minimum Gasteiger partial charge on any atom is -0.457 e. The van der Waals surface area contributed by atoms with Gasteiger partial charge in [-0.05, 0) is 35.9 Å². The maximum Gasteiger partial charge on any atom is 0.266 e. The van der Waals surface area contributed by atoms with Crippen LogP contribution in [-0.2, 0) is 0 Å². The van der Waals surface area contributed by atoms with Gasteiger partial charge in [0.2, 0.25) is 0 Å². The second kappa shape index (κ2) is 5.81. The Kier molecular flexibility index (Phi) is 3.71. The van der Waals surface area contributed by atoms with E-state index in [2.05, 4.69) is 11.6 Å². The van der Waals surface area contributed by atoms with E-state index in [0.29, 0.717) is 9.20 Å². The first-order chi connectivity index (χ1) is 10.2. The van der Waals surface area contributed by atoms with Gasteiger partial charge in [0.1, 0.15) is 11.5 Å². The number of rotatable bonds is 3. The monoisotopic (exact) mass is 295 g/mol. The number of aromatic nitrogens is 1. The van der Waals surface area contributed by atoms with Crippen LogP contribution < -0.4 is 19.5 Å². The van der Waals surface area contributed by atoms with Gasteiger partial charge in [-0.1, -0.05) is 36.9 Å². The highest BCUT2D eigenvalue weighted by Crippen LogP contribution is 2.21. The Morgan fingerprint density at radius 1 is 1.00 bits per heavy atom. The third kappa shape index (κ3) is 3.30. The van der Waals surface area contributed by atoms with Gasteiger partial charge in [0.15, 0.2) is 0 Å². The lowest BCUT2D eigenvalue weighted by atomic mass is 10.2. The third-order valence-corrected chi connectivity index (χ3v) is 3.74. The Labute approximate surface area is 125 Å². The van der Waals surface area contributed by atoms with Crippen molar-refractivity contribution in [2.75, 3.05) is 0 Å². The maximum absolute atomic E-state index is 11.6. The van der Waals surface area contributed by atoms with Gasteiger partial charge in [-0.2, -0.15) is 0 Å². The lowest BCUT2D eigenvalue weighted by Gasteiger charge is -2.05. The van der Waals surface area contributed by atoms with Crippen LogP contribution in [0.25, 0.3) is 12.7 Å². The number of H-pyrrole nitrogens is 1. The summed E-state index contributed by atoms with van der Waals surface area (Å²) in [5.74, 6) is 1.56. The number of nitrogens with one attached hydrogen (secondary N) is 1. The van der Waals surface area contributed by atoms with Gasteiger partial charge in [0.25, 0.3) is 5.56 Å². The number of hydrogen-bond donors (Lipinski definition) is 1. The normalized spacial score (nSPS) is 11.5. The van der Waals surface area contributed by atoms with E-state index in [9.17, 15) is 4.79 Å². The quantitative estimate of drug-likeness (QED) is 0.806. The van der Waals surface area contributed by atoms with Crippen molar-refractivity contribution in [1.29, 1.82) is 0 Å². The summed E-state index contributed by atoms with van der Waals surface area (Å²) < 4.78 is 7.03. The zero-order chi connectivity index (χ0) is 14.7. The van der Waals surface area contributed by atoms with Gasteiger partial charge in [0, 0.05) is 0 Å². The smallest absolute Gasteiger partial charge is 0.266 e. The molecule has 0 unspecified atom stereocenters. The number of ether oxygens (including phenoxy) is 1. The molecule has 3 aromatic rings. The largest absolute Gasteiger partial charge is 0.457 e. The van der Waals surface area contributed by atoms with Crippen molar-refractivity contribution in [2.24, 2.45) is 0 Å². The molecule has 1 N–H and O–H groups in total. The second-order valence-corrected chi connectivity index (χ2v) is 5.61. The molecule has 0 aliphatic rings. The van der Waals surface area contributed by atoms with Crippen molar-refractivity contribution in [1.82, 2.24) is 4.98 Å². The average molecular weight is 295 g/mol. The Morgan fingerprint density at radius 2 is 1.67 bits per heavy atom. The summed E-state index contributed by atoms with van der Waals surface area (Å²) in [7, 11) is 0. The van der Waals surface area contributed by atoms with Gasteiger partial charge in [-0.25, -0.2) is 0 Å². The zero-order valence-corrected chi connectivity index (χ0v) is 12.0. The number of para-hydroxylation sites is 1. The molecule has 0 saturated heterocycles. The fourth-order valence-corrected chi connectivity index (χ4v) is 2.64. The molecule has 4 heteroatoms. The summed E-state index contributed by atoms with van der Waals surface area (Å²) in [5, 5.41) is 0. The predicted molar refractivity (Wildman–Crippen MR) is 86.2 cm³/mol. The molecule has 1 aromatic heterocycles. The van der Waals surface area contributed by atoms with Crippen LogP contribution in [0, 0.1) is 0 Å². The first-order valence-electron chi connectivity index (χ1n) is 6.43. The molecule has 0 atom stereocenters. The summed E-state index contributed by atoms with van der Waals surface area (Å²) in [5.41, 5.74) is 0.845. The standard InChI is InChI=1S/C17H13NO2S/c1-12-18-17(19)16(21-12)11-13-7-9-15(10-8-13)20-14-5-3-2-4-6-14/h2-11H,1H2,(H,18,19)/b16-11-. The molecule has 0 radical (unpaired) electrons. The molecule has 0 amide bonds. The highest BCUT2D eigenvalue weighted by Gasteiger charge is 1.97. The minimum absolute atomic E-state index is 0.102. The van der Waals surface area contributed by atoms with Crippen molar-refractivity contribution in [2.45, 2.75) is 0 Å². The van der Waals surface area contributed by atoms with Crippen LogP contribution in [0.1, 0.15) is 5.56 Å². The summed E-state index contributed by atoms with van der Waals surface area (Å²) in [6.45, 7) is 3.73. The maximum atomic E-state index is 11.6. The Bertz CT molecular complexity index is 892. The molecule has 0 aliphatic carbocycles. The molecule has 0 bridgehead atoms. The van der Waals surface area contributed by atoms with Crippen molar-refractivity contribution in [3.8, 4) is 11.5 Å². The Balaban J connectivity index is 1.85. The topological polar surface area (TPSA) is 42.1 Å². The lowest BCUT2D eigenvalue weighted by Crippen LogP contribution is -2.19. The fourth-order valence-electron chi connectivity index (χ4n) is 1.90. The first-order valence-corrected chi connectivity index (χ1v) is 7.25. The Hall–Kier alpha value is -2.59. The molecular weight excluding hydrogens is 282 g/mol. The van der Waals surface area contributed by atoms with E-state index < -0.39 is 0 Å². The summed E-state index contributed by atoms with van der Waals surface area (Å²) in [4.78, 5) is 14.3. The van der Waals surface area contributed by atoms with E-state index in [1.165, 1.54) is 11.3 Å². The van der Waals surface area contributed by atoms with Crippen LogP contribution >= 0.6 is 11.3 Å². The lowest BCUT2D eigenvalue weighted by molar-refractivity contribution is 0.482. The first kappa shape index (κ1) is 13.4. The molecule has 0 aliphatic heterocycles. The van der Waals surface area contributed by atoms with E-state index >= 15 is 0 Å². The molecular formula is C17H13NO2S. The van der Waals surface area contributed by atoms with Crippen molar-refractivity contribution >= 4 is 24.0 Å². The van der Waals surface area contributed by atoms with E-state index in [-0.39, 0.29) is 5.56 Å². The molecule has 0 fully saturated rings. The van der Waals surface area contributed by atoms with E-state index in [1.807, 2.05) is 60.7 Å². The summed E-state index contributed by atoms with van der Waals surface area (Å²) in [6, 6.07) is 17.2. The fraction of sp³-hybridized carbons (Fsp3) is 0. The molecule has 0 saturated carbocycles. The predicted octanol–water partition coefficient (Wildman–Crippen LogP) is 2.47. The number of hydrogen-bond acceptors (Lipinski definition) is 3. The van der Waals surface area contributed by atoms with Crippen LogP contribution in [0.3, 0.4) is 0 Å². The van der Waals surface area contributed by atoms with Crippen LogP contribution in [-0.4, -0.2) is 4.98 Å². The van der Waals surface area contributed by atoms with Gasteiger partial charge in [0.05, 0.1) is 9.20 Å².